The molecule has 0 aliphatic rings. The summed E-state index contributed by atoms with van der Waals surface area (Å²) in [4.78, 5) is 17.7. The van der Waals surface area contributed by atoms with Gasteiger partial charge in [-0.3, -0.25) is 4.79 Å². The maximum Gasteiger partial charge on any atom is 0.243 e. The maximum atomic E-state index is 11.7. The molecule has 6 nitrogen and oxygen atoms in total. The Kier molecular flexibility index (Phi) is 14.9. The number of nitrogens with one attached hydrogen (secondary N) is 2. The summed E-state index contributed by atoms with van der Waals surface area (Å²) in [5, 5.41) is 6.59. The van der Waals surface area contributed by atoms with Crippen molar-refractivity contribution >= 4 is 35.8 Å². The number of carbonyl (C=O) groups is 1. The number of rotatable bonds is 11. The van der Waals surface area contributed by atoms with Crippen LogP contribution in [0, 0.1) is 5.92 Å². The molecule has 1 unspecified atom stereocenters. The van der Waals surface area contributed by atoms with Gasteiger partial charge in [0.05, 0.1) is 13.2 Å². The van der Waals surface area contributed by atoms with Gasteiger partial charge in [0.15, 0.2) is 5.96 Å². The molecule has 0 fully saturated rings. The molecular weight excluding hydrogens is 455 g/mol. The minimum absolute atomic E-state index is 0. The van der Waals surface area contributed by atoms with Crippen LogP contribution in [-0.2, 0) is 16.1 Å². The number of halogens is 1. The number of likely N-dealkylation sites (N-methyl/N-ethyl adjacent to an activating group) is 1. The number of carbonyl (C=O) groups excluding carboxylic acids is 1. The van der Waals surface area contributed by atoms with Gasteiger partial charge in [-0.1, -0.05) is 50.6 Å². The fourth-order valence-electron chi connectivity index (χ4n) is 2.13. The standard InChI is InChI=1S/C20H34N4O2.HI/c1-5-6-12-21-20(23-14-19(25)24(3)4)22-13-17(2)15-26-16-18-10-8-7-9-11-18;/h7-11,17H,5-6,12-16H2,1-4H3,(H2,21,22,23);1H. The molecule has 0 spiro atoms. The molecule has 154 valence electrons. The van der Waals surface area contributed by atoms with Crippen molar-refractivity contribution in [2.24, 2.45) is 10.9 Å². The van der Waals surface area contributed by atoms with Gasteiger partial charge in [0, 0.05) is 27.2 Å². The first-order valence-corrected chi connectivity index (χ1v) is 9.37. The number of ether oxygens (including phenoxy) is 1. The van der Waals surface area contributed by atoms with Gasteiger partial charge < -0.3 is 20.3 Å². The van der Waals surface area contributed by atoms with Crippen molar-refractivity contribution in [1.29, 1.82) is 0 Å². The first kappa shape index (κ1) is 25.6. The second-order valence-electron chi connectivity index (χ2n) is 6.72. The zero-order chi connectivity index (χ0) is 19.2. The molecule has 1 aromatic carbocycles. The van der Waals surface area contributed by atoms with E-state index < -0.39 is 0 Å². The van der Waals surface area contributed by atoms with Gasteiger partial charge in [0.1, 0.15) is 6.54 Å². The summed E-state index contributed by atoms with van der Waals surface area (Å²) < 4.78 is 5.78. The van der Waals surface area contributed by atoms with Crippen LogP contribution in [0.25, 0.3) is 0 Å². The molecule has 27 heavy (non-hydrogen) atoms. The van der Waals surface area contributed by atoms with Crippen LogP contribution in [0.4, 0.5) is 0 Å². The highest BCUT2D eigenvalue weighted by atomic mass is 127. The average Bonchev–Trinajstić information content (AvgIpc) is 2.64. The molecule has 0 bridgehead atoms. The lowest BCUT2D eigenvalue weighted by Crippen LogP contribution is -2.41. The molecule has 0 saturated carbocycles. The van der Waals surface area contributed by atoms with Gasteiger partial charge in [-0.05, 0) is 17.9 Å². The van der Waals surface area contributed by atoms with E-state index in [4.69, 9.17) is 4.74 Å². The largest absolute Gasteiger partial charge is 0.376 e. The van der Waals surface area contributed by atoms with Crippen LogP contribution in [-0.4, -0.2) is 57.1 Å². The molecule has 7 heteroatoms. The molecule has 1 aromatic rings. The second-order valence-corrected chi connectivity index (χ2v) is 6.72. The Bertz CT molecular complexity index is 538. The van der Waals surface area contributed by atoms with Crippen molar-refractivity contribution in [2.45, 2.75) is 33.3 Å². The van der Waals surface area contributed by atoms with Crippen LogP contribution < -0.4 is 10.6 Å². The molecule has 2 N–H and O–H groups in total. The summed E-state index contributed by atoms with van der Waals surface area (Å²) >= 11 is 0. The highest BCUT2D eigenvalue weighted by Crippen LogP contribution is 2.02. The highest BCUT2D eigenvalue weighted by Gasteiger charge is 2.07. The molecule has 1 amide bonds. The summed E-state index contributed by atoms with van der Waals surface area (Å²) in [6, 6.07) is 10.2. The number of hydrogen-bond donors (Lipinski definition) is 2. The van der Waals surface area contributed by atoms with Gasteiger partial charge in [0.2, 0.25) is 5.91 Å². The Hall–Kier alpha value is -1.35. The smallest absolute Gasteiger partial charge is 0.243 e. The predicted molar refractivity (Wildman–Crippen MR) is 123 cm³/mol. The number of unbranched alkanes of at least 4 members (excludes halogenated alkanes) is 1. The van der Waals surface area contributed by atoms with E-state index in [0.29, 0.717) is 25.1 Å². The number of amides is 1. The lowest BCUT2D eigenvalue weighted by molar-refractivity contribution is -0.127. The third-order valence-corrected chi connectivity index (χ3v) is 3.83. The third-order valence-electron chi connectivity index (χ3n) is 3.83. The van der Waals surface area contributed by atoms with Crippen LogP contribution in [0.1, 0.15) is 32.3 Å². The monoisotopic (exact) mass is 490 g/mol. The van der Waals surface area contributed by atoms with Gasteiger partial charge in [0.25, 0.3) is 0 Å². The van der Waals surface area contributed by atoms with Gasteiger partial charge in [-0.2, -0.15) is 0 Å². The Morgan fingerprint density at radius 3 is 2.56 bits per heavy atom. The van der Waals surface area contributed by atoms with Crippen molar-refractivity contribution in [3.63, 3.8) is 0 Å². The topological polar surface area (TPSA) is 66.0 Å². The van der Waals surface area contributed by atoms with E-state index in [0.717, 1.165) is 25.9 Å². The average molecular weight is 490 g/mol. The first-order chi connectivity index (χ1) is 12.5. The van der Waals surface area contributed by atoms with Crippen molar-refractivity contribution in [2.75, 3.05) is 40.3 Å². The van der Waals surface area contributed by atoms with E-state index in [1.165, 1.54) is 5.56 Å². The lowest BCUT2D eigenvalue weighted by atomic mass is 10.2. The summed E-state index contributed by atoms with van der Waals surface area (Å²) in [5.41, 5.74) is 1.18. The molecule has 0 aliphatic heterocycles. The molecule has 1 atom stereocenters. The van der Waals surface area contributed by atoms with E-state index >= 15 is 0 Å². The van der Waals surface area contributed by atoms with Crippen LogP contribution in [0.2, 0.25) is 0 Å². The summed E-state index contributed by atoms with van der Waals surface area (Å²) in [6.07, 6.45) is 2.18. The minimum Gasteiger partial charge on any atom is -0.376 e. The van der Waals surface area contributed by atoms with E-state index in [9.17, 15) is 4.79 Å². The van der Waals surface area contributed by atoms with Crippen molar-refractivity contribution in [1.82, 2.24) is 15.5 Å². The normalized spacial score (nSPS) is 12.1. The SMILES string of the molecule is CCCCNC(=NCC(=O)N(C)C)NCC(C)COCc1ccccc1.I. The number of benzene rings is 1. The molecule has 1 rings (SSSR count). The number of nitrogens with zero attached hydrogens (tertiary/aromatic N) is 2. The molecule has 0 aromatic heterocycles. The molecule has 0 heterocycles. The summed E-state index contributed by atoms with van der Waals surface area (Å²) in [7, 11) is 3.48. The highest BCUT2D eigenvalue weighted by molar-refractivity contribution is 14.0. The fourth-order valence-corrected chi connectivity index (χ4v) is 2.13. The molecule has 0 radical (unpaired) electrons. The van der Waals surface area contributed by atoms with E-state index in [2.05, 4.69) is 41.6 Å². The van der Waals surface area contributed by atoms with Crippen molar-refractivity contribution < 1.29 is 9.53 Å². The van der Waals surface area contributed by atoms with E-state index in [1.807, 2.05) is 18.2 Å². The Morgan fingerprint density at radius 1 is 1.22 bits per heavy atom. The van der Waals surface area contributed by atoms with Gasteiger partial charge >= 0.3 is 0 Å². The number of hydrogen-bond acceptors (Lipinski definition) is 3. The van der Waals surface area contributed by atoms with Gasteiger partial charge in [-0.25, -0.2) is 4.99 Å². The summed E-state index contributed by atoms with van der Waals surface area (Å²) in [6.45, 7) is 7.30. The summed E-state index contributed by atoms with van der Waals surface area (Å²) in [5.74, 6) is 1.01. The Balaban J connectivity index is 0.00000676. The maximum absolute atomic E-state index is 11.7. The van der Waals surface area contributed by atoms with E-state index in [1.54, 1.807) is 19.0 Å². The fraction of sp³-hybridized carbons (Fsp3) is 0.600. The lowest BCUT2D eigenvalue weighted by Gasteiger charge is -2.17. The Labute approximate surface area is 181 Å². The third kappa shape index (κ3) is 12.6. The zero-order valence-electron chi connectivity index (χ0n) is 17.0. The van der Waals surface area contributed by atoms with Gasteiger partial charge in [-0.15, -0.1) is 24.0 Å². The second kappa shape index (κ2) is 15.7. The zero-order valence-corrected chi connectivity index (χ0v) is 19.4. The number of aliphatic imine (C=N–C) groups is 1. The minimum atomic E-state index is -0.0131. The number of guanidine groups is 1. The van der Waals surface area contributed by atoms with Crippen LogP contribution >= 0.6 is 24.0 Å². The van der Waals surface area contributed by atoms with Crippen molar-refractivity contribution in [3.8, 4) is 0 Å². The van der Waals surface area contributed by atoms with Crippen LogP contribution in [0.5, 0.6) is 0 Å². The van der Waals surface area contributed by atoms with Crippen LogP contribution in [0.15, 0.2) is 35.3 Å². The molecule has 0 aliphatic carbocycles. The Morgan fingerprint density at radius 2 is 1.93 bits per heavy atom. The van der Waals surface area contributed by atoms with Crippen molar-refractivity contribution in [3.05, 3.63) is 35.9 Å². The first-order valence-electron chi connectivity index (χ1n) is 9.37. The molecular formula is C20H35IN4O2. The van der Waals surface area contributed by atoms with Crippen LogP contribution in [0.3, 0.4) is 0 Å². The van der Waals surface area contributed by atoms with E-state index in [-0.39, 0.29) is 36.4 Å². The molecule has 0 saturated heterocycles. The quantitative estimate of drug-likeness (QED) is 0.217. The predicted octanol–water partition coefficient (Wildman–Crippen LogP) is 2.88.